The van der Waals surface area contributed by atoms with Crippen LogP contribution in [0, 0.1) is 5.41 Å². The van der Waals surface area contributed by atoms with Crippen LogP contribution in [0.1, 0.15) is 44.6 Å². The lowest BCUT2D eigenvalue weighted by Gasteiger charge is -2.39. The predicted molar refractivity (Wildman–Crippen MR) is 118 cm³/mol. The van der Waals surface area contributed by atoms with Crippen molar-refractivity contribution in [2.75, 3.05) is 53.5 Å². The number of benzene rings is 1. The van der Waals surface area contributed by atoms with Crippen molar-refractivity contribution >= 4 is 5.91 Å². The second-order valence-electron chi connectivity index (χ2n) is 9.36. The highest BCUT2D eigenvalue weighted by atomic mass is 16.5. The Labute approximate surface area is 181 Å². The molecule has 1 atom stereocenters. The number of carbonyl (C=O) groups is 1. The molecule has 30 heavy (non-hydrogen) atoms. The number of hydrogen-bond donors (Lipinski definition) is 0. The molecule has 6 heteroatoms. The zero-order chi connectivity index (χ0) is 21.1. The van der Waals surface area contributed by atoms with Gasteiger partial charge in [-0.15, -0.1) is 0 Å². The summed E-state index contributed by atoms with van der Waals surface area (Å²) in [5.74, 6) is 1.99. The van der Waals surface area contributed by atoms with Gasteiger partial charge >= 0.3 is 0 Å². The summed E-state index contributed by atoms with van der Waals surface area (Å²) in [6.45, 7) is 8.71. The highest BCUT2D eigenvalue weighted by Crippen LogP contribution is 2.43. The number of carbonyl (C=O) groups excluding carboxylic acids is 1. The van der Waals surface area contributed by atoms with Crippen LogP contribution >= 0.6 is 0 Å². The SMILES string of the molecule is CCOc1ccc(CN2CCC3(CC2)CC(C(=O)N2CCCC2)N(C)C3)cc1OC. The van der Waals surface area contributed by atoms with Crippen LogP contribution in [0.15, 0.2) is 18.2 Å². The van der Waals surface area contributed by atoms with Crippen molar-refractivity contribution in [3.63, 3.8) is 0 Å². The third-order valence-corrected chi connectivity index (χ3v) is 7.30. The number of likely N-dealkylation sites (N-methyl/N-ethyl adjacent to an activating group) is 1. The van der Waals surface area contributed by atoms with E-state index in [0.717, 1.165) is 57.2 Å². The topological polar surface area (TPSA) is 45.2 Å². The number of ether oxygens (including phenoxy) is 2. The summed E-state index contributed by atoms with van der Waals surface area (Å²) in [6.07, 6.45) is 5.71. The molecule has 1 aromatic carbocycles. The maximum atomic E-state index is 13.0. The van der Waals surface area contributed by atoms with Crippen LogP contribution in [0.2, 0.25) is 0 Å². The molecule has 0 bridgehead atoms. The molecule has 1 spiro atoms. The molecular formula is C24H37N3O3. The molecule has 0 aliphatic carbocycles. The fourth-order valence-electron chi connectivity index (χ4n) is 5.58. The summed E-state index contributed by atoms with van der Waals surface area (Å²) >= 11 is 0. The van der Waals surface area contributed by atoms with Crippen LogP contribution in [0.25, 0.3) is 0 Å². The van der Waals surface area contributed by atoms with Gasteiger partial charge in [0.1, 0.15) is 0 Å². The number of hydrogen-bond acceptors (Lipinski definition) is 5. The second-order valence-corrected chi connectivity index (χ2v) is 9.36. The lowest BCUT2D eigenvalue weighted by molar-refractivity contribution is -0.134. The Morgan fingerprint density at radius 1 is 1.13 bits per heavy atom. The Morgan fingerprint density at radius 2 is 1.87 bits per heavy atom. The van der Waals surface area contributed by atoms with Crippen LogP contribution < -0.4 is 9.47 Å². The van der Waals surface area contributed by atoms with Crippen molar-refractivity contribution in [1.29, 1.82) is 0 Å². The van der Waals surface area contributed by atoms with Gasteiger partial charge in [0, 0.05) is 26.2 Å². The van der Waals surface area contributed by atoms with Crippen LogP contribution in [0.5, 0.6) is 11.5 Å². The molecule has 4 rings (SSSR count). The average molecular weight is 416 g/mol. The van der Waals surface area contributed by atoms with Crippen LogP contribution in [-0.4, -0.2) is 80.1 Å². The first kappa shape index (κ1) is 21.4. The lowest BCUT2D eigenvalue weighted by atomic mass is 9.76. The van der Waals surface area contributed by atoms with Crippen molar-refractivity contribution < 1.29 is 14.3 Å². The van der Waals surface area contributed by atoms with Gasteiger partial charge in [0.25, 0.3) is 0 Å². The molecular weight excluding hydrogens is 378 g/mol. The zero-order valence-corrected chi connectivity index (χ0v) is 18.9. The van der Waals surface area contributed by atoms with Crippen molar-refractivity contribution in [3.05, 3.63) is 23.8 Å². The van der Waals surface area contributed by atoms with E-state index in [1.807, 2.05) is 13.0 Å². The molecule has 3 aliphatic heterocycles. The summed E-state index contributed by atoms with van der Waals surface area (Å²) in [6, 6.07) is 6.35. The van der Waals surface area contributed by atoms with E-state index in [1.165, 1.54) is 31.2 Å². The first-order valence-corrected chi connectivity index (χ1v) is 11.5. The molecule has 3 heterocycles. The smallest absolute Gasteiger partial charge is 0.239 e. The third-order valence-electron chi connectivity index (χ3n) is 7.30. The minimum atomic E-state index is 0.0880. The van der Waals surface area contributed by atoms with Crippen LogP contribution in [0.4, 0.5) is 0 Å². The van der Waals surface area contributed by atoms with E-state index in [4.69, 9.17) is 9.47 Å². The molecule has 3 fully saturated rings. The molecule has 0 radical (unpaired) electrons. The highest BCUT2D eigenvalue weighted by molar-refractivity contribution is 5.82. The molecule has 166 valence electrons. The summed E-state index contributed by atoms with van der Waals surface area (Å²) in [4.78, 5) is 19.9. The minimum absolute atomic E-state index is 0.0880. The summed E-state index contributed by atoms with van der Waals surface area (Å²) in [7, 11) is 3.84. The van der Waals surface area contributed by atoms with Gasteiger partial charge in [0.2, 0.25) is 5.91 Å². The van der Waals surface area contributed by atoms with Crippen molar-refractivity contribution in [2.24, 2.45) is 5.41 Å². The normalized spacial score (nSPS) is 24.5. The Morgan fingerprint density at radius 3 is 2.53 bits per heavy atom. The standard InChI is InChI=1S/C24H37N3O3/c1-4-30-21-8-7-19(15-22(21)29-3)17-26-13-9-24(10-14-26)16-20(25(2)18-24)23(28)27-11-5-6-12-27/h7-8,15,20H,4-6,9-14,16-18H2,1-3H3. The van der Waals surface area contributed by atoms with E-state index in [2.05, 4.69) is 33.9 Å². The van der Waals surface area contributed by atoms with Crippen molar-refractivity contribution in [2.45, 2.75) is 51.6 Å². The highest BCUT2D eigenvalue weighted by Gasteiger charge is 2.47. The molecule has 0 saturated carbocycles. The summed E-state index contributed by atoms with van der Waals surface area (Å²) in [5, 5.41) is 0. The molecule has 1 unspecified atom stereocenters. The maximum absolute atomic E-state index is 13.0. The number of amides is 1. The van der Waals surface area contributed by atoms with E-state index in [-0.39, 0.29) is 6.04 Å². The number of piperidine rings is 1. The second kappa shape index (κ2) is 9.15. The maximum Gasteiger partial charge on any atom is 0.239 e. The summed E-state index contributed by atoms with van der Waals surface area (Å²) < 4.78 is 11.1. The van der Waals surface area contributed by atoms with Gasteiger partial charge in [-0.3, -0.25) is 14.6 Å². The Kier molecular flexibility index (Phi) is 6.54. The first-order chi connectivity index (χ1) is 14.5. The quantitative estimate of drug-likeness (QED) is 0.715. The Hall–Kier alpha value is -1.79. The van der Waals surface area contributed by atoms with Gasteiger partial charge in [-0.2, -0.15) is 0 Å². The molecule has 0 aromatic heterocycles. The Bertz CT molecular complexity index is 739. The average Bonchev–Trinajstić information content (AvgIpc) is 3.39. The van der Waals surface area contributed by atoms with Gasteiger partial charge in [-0.1, -0.05) is 6.07 Å². The van der Waals surface area contributed by atoms with E-state index in [1.54, 1.807) is 7.11 Å². The van der Waals surface area contributed by atoms with Crippen LogP contribution in [0.3, 0.4) is 0 Å². The van der Waals surface area contributed by atoms with Crippen LogP contribution in [-0.2, 0) is 11.3 Å². The number of methoxy groups -OCH3 is 1. The predicted octanol–water partition coefficient (Wildman–Crippen LogP) is 3.00. The molecule has 1 amide bonds. The first-order valence-electron chi connectivity index (χ1n) is 11.5. The monoisotopic (exact) mass is 415 g/mol. The summed E-state index contributed by atoms with van der Waals surface area (Å²) in [5.41, 5.74) is 1.57. The number of rotatable bonds is 6. The van der Waals surface area contributed by atoms with Gasteiger partial charge in [0.15, 0.2) is 11.5 Å². The van der Waals surface area contributed by atoms with Gasteiger partial charge in [-0.05, 0) is 82.3 Å². The fourth-order valence-corrected chi connectivity index (χ4v) is 5.58. The van der Waals surface area contributed by atoms with Crippen molar-refractivity contribution in [1.82, 2.24) is 14.7 Å². The lowest BCUT2D eigenvalue weighted by Crippen LogP contribution is -2.42. The van der Waals surface area contributed by atoms with Gasteiger partial charge in [0.05, 0.1) is 19.8 Å². The molecule has 3 saturated heterocycles. The minimum Gasteiger partial charge on any atom is -0.493 e. The van der Waals surface area contributed by atoms with Gasteiger partial charge in [-0.25, -0.2) is 0 Å². The van der Waals surface area contributed by atoms with Gasteiger partial charge < -0.3 is 14.4 Å². The molecule has 1 aromatic rings. The zero-order valence-electron chi connectivity index (χ0n) is 18.9. The largest absolute Gasteiger partial charge is 0.493 e. The van der Waals surface area contributed by atoms with Crippen molar-refractivity contribution in [3.8, 4) is 11.5 Å². The number of likely N-dealkylation sites (tertiary alicyclic amines) is 3. The van der Waals surface area contributed by atoms with E-state index >= 15 is 0 Å². The third kappa shape index (κ3) is 4.45. The van der Waals surface area contributed by atoms with E-state index < -0.39 is 0 Å². The molecule has 3 aliphatic rings. The number of nitrogens with zero attached hydrogens (tertiary/aromatic N) is 3. The van der Waals surface area contributed by atoms with E-state index in [9.17, 15) is 4.79 Å². The Balaban J connectivity index is 1.33. The molecule has 0 N–H and O–H groups in total. The fraction of sp³-hybridized carbons (Fsp3) is 0.708. The molecule has 6 nitrogen and oxygen atoms in total. The van der Waals surface area contributed by atoms with E-state index in [0.29, 0.717) is 17.9 Å².